The molecule has 3 heterocycles. The van der Waals surface area contributed by atoms with Gasteiger partial charge < -0.3 is 0 Å². The molecule has 5 rings (SSSR count). The molecule has 44 heavy (non-hydrogen) atoms. The zero-order chi connectivity index (χ0) is 31.4. The van der Waals surface area contributed by atoms with Crippen LogP contribution in [0.15, 0.2) is 85.1 Å². The second-order valence-electron chi connectivity index (χ2n) is 11.4. The smallest absolute Gasteiger partial charge is 0.230 e. The van der Waals surface area contributed by atoms with Crippen molar-refractivity contribution in [2.45, 2.75) is 65.5 Å². The fourth-order valence-corrected chi connectivity index (χ4v) is 6.34. The molecule has 7 heteroatoms. The second-order valence-corrected chi connectivity index (χ2v) is 11.4. The number of nitriles is 1. The Hall–Kier alpha value is -4.70. The fraction of sp³-hybridized carbons (Fsp3) is 0.297. The first-order valence-corrected chi connectivity index (χ1v) is 15.3. The van der Waals surface area contributed by atoms with Crippen LogP contribution in [0.4, 0.5) is 8.78 Å². The van der Waals surface area contributed by atoms with Gasteiger partial charge in [-0.2, -0.15) is 23.9 Å². The number of aryl methyl sites for hydroxylation is 1. The highest BCUT2D eigenvalue weighted by Gasteiger charge is 2.36. The summed E-state index contributed by atoms with van der Waals surface area (Å²) in [6.45, 7) is 9.50. The van der Waals surface area contributed by atoms with Gasteiger partial charge in [0.2, 0.25) is 22.9 Å². The molecule has 0 bridgehead atoms. The molecule has 0 saturated carbocycles. The van der Waals surface area contributed by atoms with Crippen LogP contribution in [0, 0.1) is 29.9 Å². The van der Waals surface area contributed by atoms with Crippen LogP contribution in [-0.2, 0) is 25.6 Å². The van der Waals surface area contributed by atoms with Crippen molar-refractivity contribution in [3.8, 4) is 40.0 Å². The molecule has 3 aromatic heterocycles. The lowest BCUT2D eigenvalue weighted by Gasteiger charge is -2.35. The van der Waals surface area contributed by atoms with Gasteiger partial charge in [0.05, 0.1) is 29.4 Å². The summed E-state index contributed by atoms with van der Waals surface area (Å²) in [5.41, 5.74) is 6.92. The summed E-state index contributed by atoms with van der Waals surface area (Å²) in [5.74, 6) is -1.68. The summed E-state index contributed by atoms with van der Waals surface area (Å²) in [7, 11) is 1.78. The lowest BCUT2D eigenvalue weighted by Crippen LogP contribution is -2.39. The van der Waals surface area contributed by atoms with Gasteiger partial charge >= 0.3 is 0 Å². The molecule has 5 nitrogen and oxygen atoms in total. The molecule has 0 spiro atoms. The van der Waals surface area contributed by atoms with E-state index in [4.69, 9.17) is 5.10 Å². The number of hydrogen-bond donors (Lipinski definition) is 0. The maximum absolute atomic E-state index is 14.8. The maximum atomic E-state index is 14.8. The molecule has 1 unspecified atom stereocenters. The first kappa shape index (κ1) is 30.7. The Morgan fingerprint density at radius 1 is 0.932 bits per heavy atom. The van der Waals surface area contributed by atoms with Crippen LogP contribution in [0.2, 0.25) is 0 Å². The average Bonchev–Trinajstić information content (AvgIpc) is 3.48. The van der Waals surface area contributed by atoms with E-state index in [1.165, 1.54) is 6.07 Å². The van der Waals surface area contributed by atoms with Gasteiger partial charge in [-0.05, 0) is 55.7 Å². The SMILES string of the molecule is CCCC(CC)(Cn1nc(-c2ccc(C#N)cc2)cc1-c1cccc[n+]1CC)c1ccccc1-c1cc(F)c(F)c(C)[n+]1C. The van der Waals surface area contributed by atoms with E-state index < -0.39 is 11.6 Å². The van der Waals surface area contributed by atoms with E-state index in [1.807, 2.05) is 54.6 Å². The van der Waals surface area contributed by atoms with Crippen LogP contribution in [0.3, 0.4) is 0 Å². The van der Waals surface area contributed by atoms with Crippen LogP contribution in [0.25, 0.3) is 33.9 Å². The van der Waals surface area contributed by atoms with Gasteiger partial charge in [-0.25, -0.2) is 4.39 Å². The molecule has 224 valence electrons. The molecular formula is C37H39F2N5+2. The van der Waals surface area contributed by atoms with Crippen LogP contribution < -0.4 is 9.13 Å². The Kier molecular flexibility index (Phi) is 9.01. The number of halogens is 2. The van der Waals surface area contributed by atoms with E-state index in [1.54, 1.807) is 18.5 Å². The second kappa shape index (κ2) is 12.9. The lowest BCUT2D eigenvalue weighted by atomic mass is 9.72. The van der Waals surface area contributed by atoms with Crippen molar-refractivity contribution in [2.24, 2.45) is 7.05 Å². The van der Waals surface area contributed by atoms with Crippen molar-refractivity contribution in [2.75, 3.05) is 0 Å². The summed E-state index contributed by atoms with van der Waals surface area (Å²) in [5, 5.41) is 14.5. The third kappa shape index (κ3) is 5.65. The number of nitrogens with zero attached hydrogens (tertiary/aromatic N) is 5. The third-order valence-corrected chi connectivity index (χ3v) is 8.92. The van der Waals surface area contributed by atoms with Crippen molar-refractivity contribution in [3.05, 3.63) is 114 Å². The molecule has 0 N–H and O–H groups in total. The average molecular weight is 592 g/mol. The van der Waals surface area contributed by atoms with Gasteiger partial charge in [0, 0.05) is 36.1 Å². The van der Waals surface area contributed by atoms with E-state index in [0.29, 0.717) is 17.8 Å². The van der Waals surface area contributed by atoms with Crippen LogP contribution in [0.1, 0.15) is 56.9 Å². The molecule has 2 aromatic carbocycles. The number of pyridine rings is 2. The Balaban J connectivity index is 1.72. The van der Waals surface area contributed by atoms with E-state index in [2.05, 4.69) is 60.5 Å². The fourth-order valence-electron chi connectivity index (χ4n) is 6.34. The molecule has 0 fully saturated rings. The van der Waals surface area contributed by atoms with Gasteiger partial charge in [0.1, 0.15) is 19.3 Å². The molecule has 0 radical (unpaired) electrons. The molecular weight excluding hydrogens is 552 g/mol. The minimum atomic E-state index is -0.849. The Morgan fingerprint density at radius 3 is 2.34 bits per heavy atom. The van der Waals surface area contributed by atoms with E-state index in [0.717, 1.165) is 59.6 Å². The van der Waals surface area contributed by atoms with Crippen LogP contribution in [-0.4, -0.2) is 9.78 Å². The van der Waals surface area contributed by atoms with Crippen molar-refractivity contribution in [1.29, 1.82) is 5.26 Å². The summed E-state index contributed by atoms with van der Waals surface area (Å²) in [4.78, 5) is 0. The van der Waals surface area contributed by atoms with Gasteiger partial charge in [0.15, 0.2) is 12.0 Å². The van der Waals surface area contributed by atoms with Gasteiger partial charge in [-0.1, -0.05) is 50.6 Å². The molecule has 0 aliphatic carbocycles. The van der Waals surface area contributed by atoms with E-state index in [-0.39, 0.29) is 11.1 Å². The molecule has 0 aliphatic heterocycles. The predicted molar refractivity (Wildman–Crippen MR) is 168 cm³/mol. The highest BCUT2D eigenvalue weighted by molar-refractivity contribution is 5.67. The summed E-state index contributed by atoms with van der Waals surface area (Å²) < 4.78 is 35.4. The number of aromatic nitrogens is 4. The predicted octanol–water partition coefficient (Wildman–Crippen LogP) is 7.62. The first-order chi connectivity index (χ1) is 21.3. The van der Waals surface area contributed by atoms with E-state index in [9.17, 15) is 14.0 Å². The topological polar surface area (TPSA) is 49.4 Å². The van der Waals surface area contributed by atoms with Gasteiger partial charge in [-0.15, -0.1) is 0 Å². The molecule has 1 atom stereocenters. The summed E-state index contributed by atoms with van der Waals surface area (Å²) in [6.07, 6.45) is 4.71. The third-order valence-electron chi connectivity index (χ3n) is 8.92. The standard InChI is InChI=1S/C37H39F2N5/c1-6-20-37(7-2,30-14-10-9-13-29(30)34-22-31(38)36(39)26(4)42(34)5)25-44-35(33-15-11-12-21-43(33)8-3)23-32(41-44)28-18-16-27(24-40)17-19-28/h9-19,21-23H,6-8,20,25H2,1-5H3/q+2. The van der Waals surface area contributed by atoms with Crippen LogP contribution in [0.5, 0.6) is 0 Å². The summed E-state index contributed by atoms with van der Waals surface area (Å²) >= 11 is 0. The van der Waals surface area contributed by atoms with Crippen molar-refractivity contribution in [3.63, 3.8) is 0 Å². The maximum Gasteiger partial charge on any atom is 0.230 e. The number of rotatable bonds is 10. The van der Waals surface area contributed by atoms with E-state index >= 15 is 0 Å². The highest BCUT2D eigenvalue weighted by atomic mass is 19.2. The van der Waals surface area contributed by atoms with Crippen molar-refractivity contribution < 1.29 is 17.9 Å². The highest BCUT2D eigenvalue weighted by Crippen LogP contribution is 2.41. The Morgan fingerprint density at radius 2 is 1.66 bits per heavy atom. The zero-order valence-electron chi connectivity index (χ0n) is 26.1. The number of hydrogen-bond acceptors (Lipinski definition) is 2. The lowest BCUT2D eigenvalue weighted by molar-refractivity contribution is -0.683. The zero-order valence-corrected chi connectivity index (χ0v) is 26.1. The van der Waals surface area contributed by atoms with Gasteiger partial charge in [-0.3, -0.25) is 4.68 Å². The molecule has 5 aromatic rings. The quantitative estimate of drug-likeness (QED) is 0.157. The molecule has 0 aliphatic rings. The minimum Gasteiger partial charge on any atom is -0.257 e. The Labute approximate surface area is 258 Å². The van der Waals surface area contributed by atoms with Crippen molar-refractivity contribution >= 4 is 0 Å². The molecule has 0 amide bonds. The normalized spacial score (nSPS) is 12.6. The first-order valence-electron chi connectivity index (χ1n) is 15.3. The van der Waals surface area contributed by atoms with Gasteiger partial charge in [0.25, 0.3) is 0 Å². The number of benzene rings is 2. The minimum absolute atomic E-state index is 0.252. The van der Waals surface area contributed by atoms with Crippen molar-refractivity contribution in [1.82, 2.24) is 9.78 Å². The van der Waals surface area contributed by atoms with Crippen LogP contribution >= 0.6 is 0 Å². The largest absolute Gasteiger partial charge is 0.257 e. The molecule has 0 saturated heterocycles. The monoisotopic (exact) mass is 591 g/mol. The Bertz CT molecular complexity index is 1830. The summed E-state index contributed by atoms with van der Waals surface area (Å²) in [6, 6.07) is 27.4.